The average molecular weight is 429 g/mol. The predicted molar refractivity (Wildman–Crippen MR) is 128 cm³/mol. The first-order valence-corrected chi connectivity index (χ1v) is 12.9. The van der Waals surface area contributed by atoms with Crippen molar-refractivity contribution in [1.29, 1.82) is 0 Å². The number of ether oxygens (including phenoxy) is 1. The summed E-state index contributed by atoms with van der Waals surface area (Å²) in [6, 6.07) is 10.6. The Morgan fingerprint density at radius 2 is 1.90 bits per heavy atom. The van der Waals surface area contributed by atoms with Crippen LogP contribution in [0.5, 0.6) is 0 Å². The van der Waals surface area contributed by atoms with Gasteiger partial charge in [0.2, 0.25) is 5.91 Å². The van der Waals surface area contributed by atoms with Crippen molar-refractivity contribution >= 4 is 5.91 Å². The molecule has 1 amide bonds. The SMILES string of the molecule is CCCCO[C@@H](c1ccccc1)[C@@H]1CCCN(C(=O)C[C@H](CN)CC2CCCCC2)C1. The Balaban J connectivity index is 1.58. The highest BCUT2D eigenvalue weighted by Gasteiger charge is 2.32. The molecule has 1 aromatic rings. The van der Waals surface area contributed by atoms with Gasteiger partial charge in [-0.05, 0) is 49.6 Å². The van der Waals surface area contributed by atoms with E-state index in [2.05, 4.69) is 42.2 Å². The molecule has 0 radical (unpaired) electrons. The van der Waals surface area contributed by atoms with E-state index in [1.54, 1.807) is 0 Å². The van der Waals surface area contributed by atoms with Gasteiger partial charge in [0.1, 0.15) is 0 Å². The molecule has 0 spiro atoms. The zero-order valence-electron chi connectivity index (χ0n) is 19.6. The number of likely N-dealkylation sites (tertiary alicyclic amines) is 1. The molecule has 0 unspecified atom stereocenters. The summed E-state index contributed by atoms with van der Waals surface area (Å²) in [4.78, 5) is 15.3. The highest BCUT2D eigenvalue weighted by molar-refractivity contribution is 5.76. The van der Waals surface area contributed by atoms with Gasteiger partial charge in [0.25, 0.3) is 0 Å². The molecule has 1 aromatic carbocycles. The van der Waals surface area contributed by atoms with Crippen LogP contribution in [0.4, 0.5) is 0 Å². The maximum Gasteiger partial charge on any atom is 0.222 e. The fourth-order valence-corrected chi connectivity index (χ4v) is 5.52. The summed E-state index contributed by atoms with van der Waals surface area (Å²) >= 11 is 0. The van der Waals surface area contributed by atoms with Crippen LogP contribution in [0.15, 0.2) is 30.3 Å². The number of nitrogens with two attached hydrogens (primary N) is 1. The van der Waals surface area contributed by atoms with Gasteiger partial charge < -0.3 is 15.4 Å². The van der Waals surface area contributed by atoms with E-state index in [0.29, 0.717) is 30.7 Å². The Bertz CT molecular complexity index is 629. The number of unbranched alkanes of at least 4 members (excludes halogenated alkanes) is 1. The number of carbonyl (C=O) groups is 1. The molecule has 0 bridgehead atoms. The molecule has 31 heavy (non-hydrogen) atoms. The van der Waals surface area contributed by atoms with Crippen LogP contribution < -0.4 is 5.73 Å². The number of amides is 1. The van der Waals surface area contributed by atoms with E-state index >= 15 is 0 Å². The van der Waals surface area contributed by atoms with Gasteiger partial charge in [-0.1, -0.05) is 75.8 Å². The number of benzene rings is 1. The maximum absolute atomic E-state index is 13.2. The molecule has 1 saturated heterocycles. The van der Waals surface area contributed by atoms with Crippen molar-refractivity contribution in [2.45, 2.75) is 83.7 Å². The lowest BCUT2D eigenvalue weighted by atomic mass is 9.81. The summed E-state index contributed by atoms with van der Waals surface area (Å²) in [5, 5.41) is 0. The molecule has 2 N–H and O–H groups in total. The van der Waals surface area contributed by atoms with E-state index in [4.69, 9.17) is 10.5 Å². The first kappa shape index (κ1) is 24.3. The lowest BCUT2D eigenvalue weighted by molar-refractivity contribution is -0.135. The quantitative estimate of drug-likeness (QED) is 0.459. The van der Waals surface area contributed by atoms with Crippen molar-refractivity contribution in [2.24, 2.45) is 23.5 Å². The molecular weight excluding hydrogens is 384 g/mol. The molecule has 2 fully saturated rings. The third-order valence-electron chi connectivity index (χ3n) is 7.35. The standard InChI is InChI=1S/C27H44N2O2/c1-2-3-17-31-27(24-13-8-5-9-14-24)25-15-10-16-29(21-25)26(30)19-23(20-28)18-22-11-6-4-7-12-22/h5,8-9,13-14,22-23,25,27H,2-4,6-7,10-12,15-21,28H2,1H3/t23-,25-,27+/m1/s1. The number of hydrogen-bond donors (Lipinski definition) is 1. The van der Waals surface area contributed by atoms with Crippen molar-refractivity contribution in [2.75, 3.05) is 26.2 Å². The van der Waals surface area contributed by atoms with Gasteiger partial charge >= 0.3 is 0 Å². The van der Waals surface area contributed by atoms with Crippen LogP contribution >= 0.6 is 0 Å². The second-order valence-corrected chi connectivity index (χ2v) is 9.84. The molecule has 2 aliphatic rings. The molecule has 3 rings (SSSR count). The van der Waals surface area contributed by atoms with Crippen molar-refractivity contribution < 1.29 is 9.53 Å². The minimum absolute atomic E-state index is 0.0795. The van der Waals surface area contributed by atoms with E-state index in [1.165, 1.54) is 37.7 Å². The van der Waals surface area contributed by atoms with Gasteiger partial charge in [-0.15, -0.1) is 0 Å². The lowest BCUT2D eigenvalue weighted by Crippen LogP contribution is -2.43. The maximum atomic E-state index is 13.2. The molecule has 1 aliphatic carbocycles. The summed E-state index contributed by atoms with van der Waals surface area (Å²) < 4.78 is 6.38. The Morgan fingerprint density at radius 3 is 2.61 bits per heavy atom. The number of carbonyl (C=O) groups excluding carboxylic acids is 1. The normalized spacial score (nSPS) is 22.3. The lowest BCUT2D eigenvalue weighted by Gasteiger charge is -2.38. The summed E-state index contributed by atoms with van der Waals surface area (Å²) in [6.07, 6.45) is 13.0. The predicted octanol–water partition coefficient (Wildman–Crippen LogP) is 5.72. The summed E-state index contributed by atoms with van der Waals surface area (Å²) in [7, 11) is 0. The third-order valence-corrected chi connectivity index (χ3v) is 7.35. The van der Waals surface area contributed by atoms with Gasteiger partial charge in [-0.25, -0.2) is 0 Å². The summed E-state index contributed by atoms with van der Waals surface area (Å²) in [5.41, 5.74) is 7.34. The molecule has 1 heterocycles. The first-order valence-electron chi connectivity index (χ1n) is 12.9. The van der Waals surface area contributed by atoms with E-state index < -0.39 is 0 Å². The highest BCUT2D eigenvalue weighted by Crippen LogP contribution is 2.34. The Morgan fingerprint density at radius 1 is 1.13 bits per heavy atom. The van der Waals surface area contributed by atoms with Crippen LogP contribution in [0.2, 0.25) is 0 Å². The highest BCUT2D eigenvalue weighted by atomic mass is 16.5. The molecule has 1 aliphatic heterocycles. The zero-order chi connectivity index (χ0) is 21.9. The average Bonchev–Trinajstić information content (AvgIpc) is 2.82. The van der Waals surface area contributed by atoms with Crippen LogP contribution in [-0.2, 0) is 9.53 Å². The summed E-state index contributed by atoms with van der Waals surface area (Å²) in [5.74, 6) is 1.78. The number of nitrogens with zero attached hydrogens (tertiary/aromatic N) is 1. The smallest absolute Gasteiger partial charge is 0.222 e. The Labute approximate surface area is 189 Å². The van der Waals surface area contributed by atoms with Gasteiger partial charge in [-0.3, -0.25) is 4.79 Å². The number of hydrogen-bond acceptors (Lipinski definition) is 3. The van der Waals surface area contributed by atoms with E-state index in [0.717, 1.165) is 57.7 Å². The van der Waals surface area contributed by atoms with Crippen molar-refractivity contribution in [3.63, 3.8) is 0 Å². The van der Waals surface area contributed by atoms with E-state index in [1.807, 2.05) is 0 Å². The van der Waals surface area contributed by atoms with Gasteiger partial charge in [-0.2, -0.15) is 0 Å². The summed E-state index contributed by atoms with van der Waals surface area (Å²) in [6.45, 7) is 5.31. The van der Waals surface area contributed by atoms with Crippen molar-refractivity contribution in [3.8, 4) is 0 Å². The molecule has 0 aromatic heterocycles. The minimum atomic E-state index is 0.0795. The van der Waals surface area contributed by atoms with Crippen LogP contribution in [0.3, 0.4) is 0 Å². The van der Waals surface area contributed by atoms with Gasteiger partial charge in [0.15, 0.2) is 0 Å². The zero-order valence-corrected chi connectivity index (χ0v) is 19.6. The second kappa shape index (κ2) is 13.2. The van der Waals surface area contributed by atoms with E-state index in [9.17, 15) is 4.79 Å². The monoisotopic (exact) mass is 428 g/mol. The van der Waals surface area contributed by atoms with Crippen LogP contribution in [-0.4, -0.2) is 37.0 Å². The third kappa shape index (κ3) is 7.61. The Hall–Kier alpha value is -1.39. The van der Waals surface area contributed by atoms with Gasteiger partial charge in [0.05, 0.1) is 6.10 Å². The fourth-order valence-electron chi connectivity index (χ4n) is 5.52. The number of rotatable bonds is 11. The van der Waals surface area contributed by atoms with Crippen LogP contribution in [0.1, 0.15) is 89.2 Å². The molecule has 4 nitrogen and oxygen atoms in total. The van der Waals surface area contributed by atoms with Crippen molar-refractivity contribution in [1.82, 2.24) is 4.90 Å². The second-order valence-electron chi connectivity index (χ2n) is 9.84. The molecule has 174 valence electrons. The fraction of sp³-hybridized carbons (Fsp3) is 0.741. The molecule has 4 heteroatoms. The molecular formula is C27H44N2O2. The van der Waals surface area contributed by atoms with Crippen molar-refractivity contribution in [3.05, 3.63) is 35.9 Å². The minimum Gasteiger partial charge on any atom is -0.373 e. The van der Waals surface area contributed by atoms with E-state index in [-0.39, 0.29) is 6.10 Å². The van der Waals surface area contributed by atoms with Crippen LogP contribution in [0.25, 0.3) is 0 Å². The topological polar surface area (TPSA) is 55.6 Å². The molecule has 1 saturated carbocycles. The van der Waals surface area contributed by atoms with Gasteiger partial charge in [0, 0.05) is 32.0 Å². The number of piperidine rings is 1. The molecule has 3 atom stereocenters. The first-order chi connectivity index (χ1) is 15.2. The van der Waals surface area contributed by atoms with Crippen LogP contribution in [0, 0.1) is 17.8 Å². The largest absolute Gasteiger partial charge is 0.373 e. The Kier molecular flexibility index (Phi) is 10.3.